The van der Waals surface area contributed by atoms with E-state index in [0.29, 0.717) is 29.7 Å². The second kappa shape index (κ2) is 8.38. The van der Waals surface area contributed by atoms with Crippen molar-refractivity contribution in [2.75, 3.05) is 13.7 Å². The van der Waals surface area contributed by atoms with E-state index < -0.39 is 0 Å². The summed E-state index contributed by atoms with van der Waals surface area (Å²) >= 11 is 6.19. The maximum atomic E-state index is 9.39. The van der Waals surface area contributed by atoms with Crippen LogP contribution in [0.3, 0.4) is 0 Å². The molecule has 0 spiro atoms. The minimum absolute atomic E-state index is 0.0484. The average molecular weight is 350 g/mol. The van der Waals surface area contributed by atoms with Crippen molar-refractivity contribution in [3.05, 3.63) is 58.6 Å². The van der Waals surface area contributed by atoms with Crippen LogP contribution in [0, 0.1) is 0 Å². The van der Waals surface area contributed by atoms with Gasteiger partial charge in [-0.2, -0.15) is 0 Å². The number of aliphatic hydroxyl groups excluding tert-OH is 1. The van der Waals surface area contributed by atoms with Gasteiger partial charge in [-0.3, -0.25) is 0 Å². The average Bonchev–Trinajstić information content (AvgIpc) is 2.59. The Morgan fingerprint density at radius 3 is 2.46 bits per heavy atom. The Bertz CT molecular complexity index is 673. The minimum atomic E-state index is -0.372. The molecule has 5 heteroatoms. The van der Waals surface area contributed by atoms with E-state index >= 15 is 0 Å². The highest BCUT2D eigenvalue weighted by molar-refractivity contribution is 6.31. The van der Waals surface area contributed by atoms with Gasteiger partial charge in [0, 0.05) is 28.2 Å². The fraction of sp³-hybridized carbons (Fsp3) is 0.368. The number of para-hydroxylation sites is 1. The van der Waals surface area contributed by atoms with Crippen LogP contribution in [-0.2, 0) is 13.2 Å². The molecule has 2 rings (SSSR count). The Hall–Kier alpha value is -1.75. The van der Waals surface area contributed by atoms with E-state index in [4.69, 9.17) is 21.1 Å². The molecule has 0 amide bonds. The van der Waals surface area contributed by atoms with Gasteiger partial charge in [0.25, 0.3) is 0 Å². The summed E-state index contributed by atoms with van der Waals surface area (Å²) in [6, 6.07) is 13.4. The van der Waals surface area contributed by atoms with E-state index in [1.54, 1.807) is 7.11 Å². The van der Waals surface area contributed by atoms with E-state index in [1.807, 2.05) is 56.3 Å². The molecule has 24 heavy (non-hydrogen) atoms. The number of rotatable bonds is 8. The fourth-order valence-electron chi connectivity index (χ4n) is 2.18. The molecule has 0 atom stereocenters. The summed E-state index contributed by atoms with van der Waals surface area (Å²) in [7, 11) is 1.62. The van der Waals surface area contributed by atoms with Crippen LogP contribution in [0.15, 0.2) is 42.5 Å². The third kappa shape index (κ3) is 4.87. The molecule has 0 unspecified atom stereocenters. The fourth-order valence-corrected chi connectivity index (χ4v) is 2.37. The Morgan fingerprint density at radius 2 is 1.79 bits per heavy atom. The molecule has 0 aromatic heterocycles. The Balaban J connectivity index is 2.19. The molecule has 0 aliphatic rings. The van der Waals surface area contributed by atoms with Crippen LogP contribution >= 0.6 is 11.6 Å². The topological polar surface area (TPSA) is 50.7 Å². The molecule has 130 valence electrons. The van der Waals surface area contributed by atoms with Gasteiger partial charge in [-0.1, -0.05) is 41.9 Å². The second-order valence-corrected chi connectivity index (χ2v) is 6.63. The number of halogens is 1. The molecule has 0 saturated carbocycles. The van der Waals surface area contributed by atoms with Crippen LogP contribution in [0.4, 0.5) is 0 Å². The van der Waals surface area contributed by atoms with Crippen molar-refractivity contribution in [2.24, 2.45) is 0 Å². The molecule has 2 N–H and O–H groups in total. The van der Waals surface area contributed by atoms with Crippen molar-refractivity contribution in [3.8, 4) is 11.5 Å². The van der Waals surface area contributed by atoms with Gasteiger partial charge in [0.15, 0.2) is 11.5 Å². The van der Waals surface area contributed by atoms with E-state index in [-0.39, 0.29) is 12.1 Å². The van der Waals surface area contributed by atoms with Crippen LogP contribution < -0.4 is 14.8 Å². The van der Waals surface area contributed by atoms with Gasteiger partial charge in [-0.25, -0.2) is 0 Å². The minimum Gasteiger partial charge on any atom is -0.493 e. The Labute approximate surface area is 148 Å². The highest BCUT2D eigenvalue weighted by Crippen LogP contribution is 2.32. The lowest BCUT2D eigenvalue weighted by Gasteiger charge is -2.24. The SMILES string of the molecule is COc1cccc(CNC(C)(C)CO)c1OCc1ccccc1Cl. The molecule has 0 fully saturated rings. The quantitative estimate of drug-likeness (QED) is 0.761. The maximum Gasteiger partial charge on any atom is 0.166 e. The molecule has 0 saturated heterocycles. The van der Waals surface area contributed by atoms with Crippen LogP contribution in [-0.4, -0.2) is 24.4 Å². The zero-order valence-electron chi connectivity index (χ0n) is 14.3. The van der Waals surface area contributed by atoms with Crippen molar-refractivity contribution in [2.45, 2.75) is 32.5 Å². The number of hydrogen-bond acceptors (Lipinski definition) is 4. The molecule has 0 heterocycles. The highest BCUT2D eigenvalue weighted by atomic mass is 35.5. The van der Waals surface area contributed by atoms with Gasteiger partial charge in [-0.15, -0.1) is 0 Å². The predicted octanol–water partition coefficient (Wildman–Crippen LogP) is 3.79. The summed E-state index contributed by atoms with van der Waals surface area (Å²) < 4.78 is 11.4. The lowest BCUT2D eigenvalue weighted by Crippen LogP contribution is -2.42. The number of benzene rings is 2. The van der Waals surface area contributed by atoms with Gasteiger partial charge in [0.2, 0.25) is 0 Å². The van der Waals surface area contributed by atoms with Gasteiger partial charge < -0.3 is 19.9 Å². The van der Waals surface area contributed by atoms with Gasteiger partial charge in [0.05, 0.1) is 13.7 Å². The first-order chi connectivity index (χ1) is 11.5. The summed E-state index contributed by atoms with van der Waals surface area (Å²) in [6.45, 7) is 4.85. The standard InChI is InChI=1S/C19H24ClNO3/c1-19(2,13-22)21-11-14-8-6-10-17(23-3)18(14)24-12-15-7-4-5-9-16(15)20/h4-10,21-22H,11-13H2,1-3H3. The highest BCUT2D eigenvalue weighted by Gasteiger charge is 2.18. The molecule has 0 bridgehead atoms. The van der Waals surface area contributed by atoms with Crippen molar-refractivity contribution >= 4 is 11.6 Å². The van der Waals surface area contributed by atoms with Crippen LogP contribution in [0.25, 0.3) is 0 Å². The lowest BCUT2D eigenvalue weighted by atomic mass is 10.1. The molecule has 4 nitrogen and oxygen atoms in total. The number of hydrogen-bond donors (Lipinski definition) is 2. The van der Waals surface area contributed by atoms with Crippen LogP contribution in [0.2, 0.25) is 5.02 Å². The van der Waals surface area contributed by atoms with Gasteiger partial charge in [0.1, 0.15) is 6.61 Å². The van der Waals surface area contributed by atoms with Gasteiger partial charge in [-0.05, 0) is 26.0 Å². The van der Waals surface area contributed by atoms with Crippen molar-refractivity contribution in [1.82, 2.24) is 5.32 Å². The first-order valence-corrected chi connectivity index (χ1v) is 8.22. The van der Waals surface area contributed by atoms with E-state index in [1.165, 1.54) is 0 Å². The molecule has 0 radical (unpaired) electrons. The first-order valence-electron chi connectivity index (χ1n) is 7.85. The summed E-state index contributed by atoms with van der Waals surface area (Å²) in [6.07, 6.45) is 0. The van der Waals surface area contributed by atoms with E-state index in [9.17, 15) is 5.11 Å². The molecule has 0 aliphatic heterocycles. The maximum absolute atomic E-state index is 9.39. The summed E-state index contributed by atoms with van der Waals surface area (Å²) in [5, 5.41) is 13.4. The monoisotopic (exact) mass is 349 g/mol. The normalized spacial score (nSPS) is 11.4. The Kier molecular flexibility index (Phi) is 6.49. The zero-order valence-corrected chi connectivity index (χ0v) is 15.1. The molecular formula is C19H24ClNO3. The van der Waals surface area contributed by atoms with E-state index in [0.717, 1.165) is 11.1 Å². The Morgan fingerprint density at radius 1 is 1.08 bits per heavy atom. The molecule has 2 aromatic carbocycles. The number of nitrogens with one attached hydrogen (secondary N) is 1. The van der Waals surface area contributed by atoms with Crippen molar-refractivity contribution in [1.29, 1.82) is 0 Å². The van der Waals surface area contributed by atoms with E-state index in [2.05, 4.69) is 5.32 Å². The number of ether oxygens (including phenoxy) is 2. The second-order valence-electron chi connectivity index (χ2n) is 6.22. The van der Waals surface area contributed by atoms with Crippen molar-refractivity contribution < 1.29 is 14.6 Å². The third-order valence-electron chi connectivity index (χ3n) is 3.76. The first kappa shape index (κ1) is 18.6. The summed E-state index contributed by atoms with van der Waals surface area (Å²) in [5.74, 6) is 1.35. The zero-order chi connectivity index (χ0) is 17.6. The molecular weight excluding hydrogens is 326 g/mol. The number of methoxy groups -OCH3 is 1. The lowest BCUT2D eigenvalue weighted by molar-refractivity contribution is 0.186. The molecule has 2 aromatic rings. The largest absolute Gasteiger partial charge is 0.493 e. The van der Waals surface area contributed by atoms with Crippen LogP contribution in [0.1, 0.15) is 25.0 Å². The predicted molar refractivity (Wildman–Crippen MR) is 96.8 cm³/mol. The third-order valence-corrected chi connectivity index (χ3v) is 4.13. The van der Waals surface area contributed by atoms with Crippen LogP contribution in [0.5, 0.6) is 11.5 Å². The van der Waals surface area contributed by atoms with Crippen molar-refractivity contribution in [3.63, 3.8) is 0 Å². The summed E-state index contributed by atoms with van der Waals surface area (Å²) in [4.78, 5) is 0. The number of aliphatic hydroxyl groups is 1. The van der Waals surface area contributed by atoms with Gasteiger partial charge >= 0.3 is 0 Å². The summed E-state index contributed by atoms with van der Waals surface area (Å²) in [5.41, 5.74) is 1.51. The molecule has 0 aliphatic carbocycles. The smallest absolute Gasteiger partial charge is 0.166 e.